The second kappa shape index (κ2) is 10.5. The molecule has 0 aromatic heterocycles. The van der Waals surface area contributed by atoms with E-state index in [1.54, 1.807) is 0 Å². The van der Waals surface area contributed by atoms with E-state index in [0.717, 1.165) is 0 Å². The molecule has 0 N–H and O–H groups in total. The number of halogens is 2. The number of hydrogen-bond donors (Lipinski definition) is 0. The number of hydrogen-bond acceptors (Lipinski definition) is 0. The largest absolute Gasteiger partial charge is 0.269 e. The van der Waals surface area contributed by atoms with Gasteiger partial charge in [-0.2, -0.15) is 0 Å². The maximum atomic E-state index is 11.3. The van der Waals surface area contributed by atoms with Crippen LogP contribution in [0.4, 0.5) is 9.09 Å². The molecule has 18 heavy (non-hydrogen) atoms. The van der Waals surface area contributed by atoms with Crippen molar-refractivity contribution < 1.29 is 10.5 Å². The minimum Gasteiger partial charge on any atom is -0.269 e. The van der Waals surface area contributed by atoms with Crippen LogP contribution in [0, 0.1) is 6.92 Å². The minimum absolute atomic E-state index is 0. The van der Waals surface area contributed by atoms with Crippen LogP contribution >= 0.6 is 0 Å². The molecule has 102 valence electrons. The Morgan fingerprint density at radius 1 is 1.28 bits per heavy atom. The third-order valence-corrected chi connectivity index (χ3v) is 2.13. The summed E-state index contributed by atoms with van der Waals surface area (Å²) in [4.78, 5) is 0. The van der Waals surface area contributed by atoms with Gasteiger partial charge in [0.25, 0.3) is 0 Å². The predicted octanol–water partition coefficient (Wildman–Crippen LogP) is 5.60. The molecule has 0 amide bonds. The van der Waals surface area contributed by atoms with Crippen LogP contribution in [0.1, 0.15) is 32.0 Å². The number of allylic oxidation sites excluding steroid dienone is 2. The molecule has 0 aliphatic carbocycles. The third-order valence-electron chi connectivity index (χ3n) is 2.13. The molecular formula is C16H24F2. The summed E-state index contributed by atoms with van der Waals surface area (Å²) in [6, 6.07) is 6.37. The Balaban J connectivity index is -0.000000320. The zero-order valence-electron chi connectivity index (χ0n) is 11.3. The van der Waals surface area contributed by atoms with Crippen molar-refractivity contribution in [1.29, 1.82) is 0 Å². The number of rotatable bonds is 3. The van der Waals surface area contributed by atoms with E-state index < -0.39 is 6.17 Å². The zero-order valence-corrected chi connectivity index (χ0v) is 11.3. The molecule has 2 heteroatoms. The third kappa shape index (κ3) is 7.55. The lowest BCUT2D eigenvalue weighted by atomic mass is 10.0. The highest BCUT2D eigenvalue weighted by molar-refractivity contribution is 5.64. The smallest absolute Gasteiger partial charge is 0.115 e. The van der Waals surface area contributed by atoms with E-state index in [4.69, 9.17) is 0 Å². The summed E-state index contributed by atoms with van der Waals surface area (Å²) in [6.45, 7) is 12.5. The predicted molar refractivity (Wildman–Crippen MR) is 81.4 cm³/mol. The van der Waals surface area contributed by atoms with Gasteiger partial charge in [0.1, 0.15) is 6.17 Å². The summed E-state index contributed by atoms with van der Waals surface area (Å²) in [5.74, 6) is 0. The Bertz CT molecular complexity index is 396. The molecule has 0 spiro atoms. The van der Waals surface area contributed by atoms with E-state index in [0.29, 0.717) is 0 Å². The first-order valence-corrected chi connectivity index (χ1v) is 5.67. The van der Waals surface area contributed by atoms with Gasteiger partial charge in [0.15, 0.2) is 0 Å². The van der Waals surface area contributed by atoms with Gasteiger partial charge in [0.2, 0.25) is 0 Å². The van der Waals surface area contributed by atoms with Gasteiger partial charge in [-0.15, -0.1) is 6.58 Å². The van der Waals surface area contributed by atoms with E-state index in [1.807, 2.05) is 19.1 Å². The van der Waals surface area contributed by atoms with E-state index in [2.05, 4.69) is 44.4 Å². The maximum Gasteiger partial charge on any atom is 0.115 e. The van der Waals surface area contributed by atoms with E-state index >= 15 is 0 Å². The van der Waals surface area contributed by atoms with Crippen LogP contribution in [0.25, 0.3) is 12.2 Å². The highest BCUT2D eigenvalue weighted by Gasteiger charge is 1.94. The van der Waals surface area contributed by atoms with Crippen molar-refractivity contribution in [3.8, 4) is 0 Å². The standard InChI is InChI=1S/C12H14.C4H7F.FH.H2/c1-4-6-12-8-7-10(3)9-11(12)5-2;1-3-4(2)5;;/h4-9H,2H2,1,3H3;3-4H,1H2,2H3;2*1H/b6-4-;;;. The lowest BCUT2D eigenvalue weighted by Gasteiger charge is -2.01. The summed E-state index contributed by atoms with van der Waals surface area (Å²) in [5, 5.41) is 0. The SMILES string of the molecule is C=CC(C)F.C=Cc1cc(C)ccc1/C=C\C.F.[HH]. The normalized spacial score (nSPS) is 10.9. The van der Waals surface area contributed by atoms with Crippen molar-refractivity contribution in [2.45, 2.75) is 26.9 Å². The molecule has 1 unspecified atom stereocenters. The molecule has 0 heterocycles. The van der Waals surface area contributed by atoms with Crippen LogP contribution in [-0.4, -0.2) is 6.17 Å². The van der Waals surface area contributed by atoms with Gasteiger partial charge in [0.05, 0.1) is 0 Å². The fraction of sp³-hybridized carbons (Fsp3) is 0.250. The monoisotopic (exact) mass is 254 g/mol. The van der Waals surface area contributed by atoms with Crippen LogP contribution in [0.3, 0.4) is 0 Å². The molecule has 0 fully saturated rings. The molecule has 0 saturated carbocycles. The summed E-state index contributed by atoms with van der Waals surface area (Å²) in [7, 11) is 0. The van der Waals surface area contributed by atoms with E-state index in [9.17, 15) is 4.39 Å². The molecule has 1 rings (SSSR count). The van der Waals surface area contributed by atoms with Crippen LogP contribution < -0.4 is 0 Å². The summed E-state index contributed by atoms with van der Waals surface area (Å²) in [5.41, 5.74) is 3.71. The van der Waals surface area contributed by atoms with E-state index in [1.165, 1.54) is 29.7 Å². The molecule has 1 aromatic carbocycles. The fourth-order valence-electron chi connectivity index (χ4n) is 1.20. The van der Waals surface area contributed by atoms with Gasteiger partial charge >= 0.3 is 0 Å². The lowest BCUT2D eigenvalue weighted by Crippen LogP contribution is -1.81. The van der Waals surface area contributed by atoms with Gasteiger partial charge in [-0.05, 0) is 31.9 Å². The van der Waals surface area contributed by atoms with Gasteiger partial charge in [-0.25, -0.2) is 4.39 Å². The Kier molecular flexibility index (Phi) is 10.8. The molecule has 0 bridgehead atoms. The second-order valence-electron chi connectivity index (χ2n) is 3.75. The van der Waals surface area contributed by atoms with Crippen molar-refractivity contribution in [3.63, 3.8) is 0 Å². The van der Waals surface area contributed by atoms with Crippen molar-refractivity contribution >= 4 is 12.2 Å². The Hall–Kier alpha value is -1.70. The Morgan fingerprint density at radius 2 is 1.83 bits per heavy atom. The summed E-state index contributed by atoms with van der Waals surface area (Å²) in [6.07, 6.45) is 6.42. The number of alkyl halides is 1. The molecule has 0 saturated heterocycles. The van der Waals surface area contributed by atoms with Gasteiger partial charge in [-0.1, -0.05) is 54.6 Å². The minimum atomic E-state index is -0.852. The van der Waals surface area contributed by atoms with Crippen molar-refractivity contribution in [2.24, 2.45) is 0 Å². The quantitative estimate of drug-likeness (QED) is 0.616. The highest BCUT2D eigenvalue weighted by Crippen LogP contribution is 2.14. The number of benzene rings is 1. The Labute approximate surface area is 110 Å². The summed E-state index contributed by atoms with van der Waals surface area (Å²) >= 11 is 0. The molecule has 0 radical (unpaired) electrons. The lowest BCUT2D eigenvalue weighted by molar-refractivity contribution is 0.431. The van der Waals surface area contributed by atoms with Gasteiger partial charge in [-0.3, -0.25) is 4.70 Å². The van der Waals surface area contributed by atoms with Crippen molar-refractivity contribution in [1.82, 2.24) is 0 Å². The van der Waals surface area contributed by atoms with Gasteiger partial charge < -0.3 is 0 Å². The van der Waals surface area contributed by atoms with Gasteiger partial charge in [0, 0.05) is 1.43 Å². The summed E-state index contributed by atoms with van der Waals surface area (Å²) < 4.78 is 11.3. The number of aryl methyl sites for hydroxylation is 1. The highest BCUT2D eigenvalue weighted by atomic mass is 19.1. The van der Waals surface area contributed by atoms with Crippen molar-refractivity contribution in [3.05, 3.63) is 60.2 Å². The Morgan fingerprint density at radius 3 is 2.22 bits per heavy atom. The van der Waals surface area contributed by atoms with Crippen molar-refractivity contribution in [2.75, 3.05) is 0 Å². The first-order valence-electron chi connectivity index (χ1n) is 5.67. The topological polar surface area (TPSA) is 0 Å². The maximum absolute atomic E-state index is 11.3. The van der Waals surface area contributed by atoms with Crippen LogP contribution in [0.5, 0.6) is 0 Å². The second-order valence-corrected chi connectivity index (χ2v) is 3.75. The van der Waals surface area contributed by atoms with Crippen LogP contribution in [0.2, 0.25) is 0 Å². The fourth-order valence-corrected chi connectivity index (χ4v) is 1.20. The van der Waals surface area contributed by atoms with E-state index in [-0.39, 0.29) is 6.13 Å². The molecule has 0 aliphatic rings. The van der Waals surface area contributed by atoms with Crippen LogP contribution in [0.15, 0.2) is 43.5 Å². The zero-order chi connectivity index (χ0) is 13.3. The average molecular weight is 254 g/mol. The molecule has 0 nitrogen and oxygen atoms in total. The average Bonchev–Trinajstić information content (AvgIpc) is 2.32. The molecule has 0 aliphatic heterocycles. The molecule has 1 aromatic rings. The first kappa shape index (κ1) is 18.7. The molecule has 1 atom stereocenters. The van der Waals surface area contributed by atoms with Crippen LogP contribution in [-0.2, 0) is 0 Å². The molecular weight excluding hydrogens is 230 g/mol. The first-order chi connectivity index (χ1) is 8.04.